The highest BCUT2D eigenvalue weighted by Crippen LogP contribution is 2.35. The van der Waals surface area contributed by atoms with Crippen LogP contribution in [0.3, 0.4) is 0 Å². The standard InChI is InChI=1S/C30H36FN3O2/c1-21(2)16-34(30(35)27-10-5-6-11-29(27)31)18-24-17-33(19-25-9-7-8-22(3)32-25)20-28(24)23-12-14-26(36-4)15-13-23/h5-15,21,24,28H,16-20H2,1-4H3. The molecule has 0 saturated carbocycles. The normalized spacial score (nSPS) is 17.9. The molecule has 0 aliphatic carbocycles. The van der Waals surface area contributed by atoms with Gasteiger partial charge in [-0.25, -0.2) is 4.39 Å². The SMILES string of the molecule is COc1ccc(C2CN(Cc3cccc(C)n3)CC2CN(CC(C)C)C(=O)c2ccccc2F)cc1. The summed E-state index contributed by atoms with van der Waals surface area (Å²) in [5, 5.41) is 0. The van der Waals surface area contributed by atoms with Crippen LogP contribution < -0.4 is 4.74 Å². The van der Waals surface area contributed by atoms with Gasteiger partial charge >= 0.3 is 0 Å². The molecule has 3 aromatic rings. The second kappa shape index (κ2) is 11.7. The number of pyridine rings is 1. The van der Waals surface area contributed by atoms with Crippen molar-refractivity contribution in [3.05, 3.63) is 95.1 Å². The second-order valence-corrected chi connectivity index (χ2v) is 10.2. The van der Waals surface area contributed by atoms with E-state index in [-0.39, 0.29) is 29.2 Å². The van der Waals surface area contributed by atoms with Gasteiger partial charge in [0.25, 0.3) is 5.91 Å². The average Bonchev–Trinajstić information content (AvgIpc) is 3.25. The van der Waals surface area contributed by atoms with Crippen molar-refractivity contribution in [3.63, 3.8) is 0 Å². The Morgan fingerprint density at radius 2 is 1.83 bits per heavy atom. The van der Waals surface area contributed by atoms with Gasteiger partial charge in [0, 0.05) is 44.3 Å². The fraction of sp³-hybridized carbons (Fsp3) is 0.400. The molecular weight excluding hydrogens is 453 g/mol. The lowest BCUT2D eigenvalue weighted by molar-refractivity contribution is 0.0698. The minimum absolute atomic E-state index is 0.137. The predicted octanol–water partition coefficient (Wildman–Crippen LogP) is 5.55. The third-order valence-corrected chi connectivity index (χ3v) is 6.82. The molecule has 1 aliphatic rings. The number of carbonyl (C=O) groups excluding carboxylic acids is 1. The molecule has 190 valence electrons. The molecule has 2 heterocycles. The molecule has 6 heteroatoms. The van der Waals surface area contributed by atoms with Gasteiger partial charge in [-0.05, 0) is 60.7 Å². The Labute approximate surface area is 213 Å². The molecule has 0 N–H and O–H groups in total. The number of aryl methyl sites for hydroxylation is 1. The maximum atomic E-state index is 14.5. The number of likely N-dealkylation sites (tertiary alicyclic amines) is 1. The minimum Gasteiger partial charge on any atom is -0.497 e. The van der Waals surface area contributed by atoms with Crippen LogP contribution in [0.25, 0.3) is 0 Å². The van der Waals surface area contributed by atoms with Crippen LogP contribution in [0.2, 0.25) is 0 Å². The minimum atomic E-state index is -0.471. The number of aromatic nitrogens is 1. The summed E-state index contributed by atoms with van der Waals surface area (Å²) < 4.78 is 19.9. The molecular formula is C30H36FN3O2. The summed E-state index contributed by atoms with van der Waals surface area (Å²) in [4.78, 5) is 22.4. The average molecular weight is 490 g/mol. The van der Waals surface area contributed by atoms with Gasteiger partial charge in [-0.1, -0.05) is 44.2 Å². The van der Waals surface area contributed by atoms with Gasteiger partial charge in [-0.15, -0.1) is 0 Å². The van der Waals surface area contributed by atoms with Crippen LogP contribution in [-0.2, 0) is 6.54 Å². The number of hydrogen-bond donors (Lipinski definition) is 0. The number of benzene rings is 2. The molecule has 0 radical (unpaired) electrons. The fourth-order valence-electron chi connectivity index (χ4n) is 5.19. The lowest BCUT2D eigenvalue weighted by Gasteiger charge is -2.30. The van der Waals surface area contributed by atoms with E-state index in [1.807, 2.05) is 36.1 Å². The number of rotatable bonds is 9. The van der Waals surface area contributed by atoms with Crippen molar-refractivity contribution in [1.29, 1.82) is 0 Å². The molecule has 1 aliphatic heterocycles. The van der Waals surface area contributed by atoms with E-state index in [4.69, 9.17) is 9.72 Å². The highest BCUT2D eigenvalue weighted by Gasteiger charge is 2.36. The number of methoxy groups -OCH3 is 1. The van der Waals surface area contributed by atoms with Crippen LogP contribution in [0.4, 0.5) is 4.39 Å². The summed E-state index contributed by atoms with van der Waals surface area (Å²) in [6.07, 6.45) is 0. The van der Waals surface area contributed by atoms with E-state index < -0.39 is 5.82 Å². The maximum absolute atomic E-state index is 14.5. The molecule has 0 spiro atoms. The summed E-state index contributed by atoms with van der Waals surface area (Å²) in [5.74, 6) is 0.830. The summed E-state index contributed by atoms with van der Waals surface area (Å²) in [5.41, 5.74) is 3.42. The van der Waals surface area contributed by atoms with Crippen LogP contribution in [0.15, 0.2) is 66.7 Å². The van der Waals surface area contributed by atoms with E-state index in [1.54, 1.807) is 25.3 Å². The lowest BCUT2D eigenvalue weighted by atomic mass is 9.88. The molecule has 1 saturated heterocycles. The topological polar surface area (TPSA) is 45.7 Å². The molecule has 0 bridgehead atoms. The van der Waals surface area contributed by atoms with E-state index in [0.717, 1.165) is 36.8 Å². The molecule has 1 fully saturated rings. The van der Waals surface area contributed by atoms with E-state index in [2.05, 4.69) is 36.9 Å². The smallest absolute Gasteiger partial charge is 0.256 e. The second-order valence-electron chi connectivity index (χ2n) is 10.2. The molecule has 2 aromatic carbocycles. The lowest BCUT2D eigenvalue weighted by Crippen LogP contribution is -2.40. The van der Waals surface area contributed by atoms with E-state index >= 15 is 0 Å². The van der Waals surface area contributed by atoms with E-state index in [9.17, 15) is 9.18 Å². The Morgan fingerprint density at radius 1 is 1.08 bits per heavy atom. The first-order chi connectivity index (χ1) is 17.3. The number of amides is 1. The Kier molecular flexibility index (Phi) is 8.36. The van der Waals surface area contributed by atoms with Gasteiger partial charge in [0.05, 0.1) is 18.4 Å². The molecule has 1 amide bonds. The summed E-state index contributed by atoms with van der Waals surface area (Å²) in [6.45, 7) is 9.81. The highest BCUT2D eigenvalue weighted by atomic mass is 19.1. The molecule has 2 atom stereocenters. The van der Waals surface area contributed by atoms with E-state index in [0.29, 0.717) is 13.1 Å². The predicted molar refractivity (Wildman–Crippen MR) is 141 cm³/mol. The molecule has 5 nitrogen and oxygen atoms in total. The van der Waals surface area contributed by atoms with Gasteiger partial charge in [0.15, 0.2) is 0 Å². The summed E-state index contributed by atoms with van der Waals surface area (Å²) in [7, 11) is 1.67. The molecule has 2 unspecified atom stereocenters. The Bertz CT molecular complexity index is 1160. The largest absolute Gasteiger partial charge is 0.497 e. The number of ether oxygens (including phenoxy) is 1. The first-order valence-corrected chi connectivity index (χ1v) is 12.7. The zero-order chi connectivity index (χ0) is 25.7. The van der Waals surface area contributed by atoms with Crippen molar-refractivity contribution in [2.45, 2.75) is 33.2 Å². The number of nitrogens with zero attached hydrogens (tertiary/aromatic N) is 3. The monoisotopic (exact) mass is 489 g/mol. The van der Waals surface area contributed by atoms with Crippen LogP contribution >= 0.6 is 0 Å². The zero-order valence-electron chi connectivity index (χ0n) is 21.7. The molecule has 4 rings (SSSR count). The van der Waals surface area contributed by atoms with Crippen LogP contribution in [0, 0.1) is 24.6 Å². The third-order valence-electron chi connectivity index (χ3n) is 6.82. The quantitative estimate of drug-likeness (QED) is 0.395. The number of carbonyl (C=O) groups is 1. The summed E-state index contributed by atoms with van der Waals surface area (Å²) >= 11 is 0. The Hall–Kier alpha value is -3.25. The van der Waals surface area contributed by atoms with Gasteiger partial charge < -0.3 is 9.64 Å². The fourth-order valence-corrected chi connectivity index (χ4v) is 5.19. The van der Waals surface area contributed by atoms with Gasteiger partial charge in [0.2, 0.25) is 0 Å². The van der Waals surface area contributed by atoms with Gasteiger partial charge in [-0.3, -0.25) is 14.7 Å². The van der Waals surface area contributed by atoms with Crippen LogP contribution in [0.5, 0.6) is 5.75 Å². The van der Waals surface area contributed by atoms with Crippen molar-refractivity contribution >= 4 is 5.91 Å². The Morgan fingerprint density at radius 3 is 2.50 bits per heavy atom. The van der Waals surface area contributed by atoms with Gasteiger partial charge in [-0.2, -0.15) is 0 Å². The van der Waals surface area contributed by atoms with Crippen molar-refractivity contribution < 1.29 is 13.9 Å². The van der Waals surface area contributed by atoms with Crippen molar-refractivity contribution in [2.24, 2.45) is 11.8 Å². The van der Waals surface area contributed by atoms with Crippen LogP contribution in [0.1, 0.15) is 47.1 Å². The van der Waals surface area contributed by atoms with Crippen molar-refractivity contribution in [2.75, 3.05) is 33.3 Å². The number of hydrogen-bond acceptors (Lipinski definition) is 4. The zero-order valence-corrected chi connectivity index (χ0v) is 21.7. The van der Waals surface area contributed by atoms with Crippen LogP contribution in [-0.4, -0.2) is 54.0 Å². The van der Waals surface area contributed by atoms with Crippen molar-refractivity contribution in [1.82, 2.24) is 14.8 Å². The molecule has 1 aromatic heterocycles. The van der Waals surface area contributed by atoms with Crippen molar-refractivity contribution in [3.8, 4) is 5.75 Å². The summed E-state index contributed by atoms with van der Waals surface area (Å²) in [6, 6.07) is 20.6. The van der Waals surface area contributed by atoms with Gasteiger partial charge in [0.1, 0.15) is 11.6 Å². The third kappa shape index (κ3) is 6.30. The Balaban J connectivity index is 1.60. The first kappa shape index (κ1) is 25.8. The number of halogens is 1. The maximum Gasteiger partial charge on any atom is 0.256 e. The first-order valence-electron chi connectivity index (χ1n) is 12.7. The molecule has 36 heavy (non-hydrogen) atoms. The van der Waals surface area contributed by atoms with E-state index in [1.165, 1.54) is 11.6 Å². The highest BCUT2D eigenvalue weighted by molar-refractivity contribution is 5.94.